The fourth-order valence-corrected chi connectivity index (χ4v) is 4.29. The summed E-state index contributed by atoms with van der Waals surface area (Å²) < 4.78 is 2.37. The lowest BCUT2D eigenvalue weighted by Gasteiger charge is -1.92. The molecule has 0 aliphatic carbocycles. The van der Waals surface area contributed by atoms with Gasteiger partial charge >= 0.3 is 0 Å². The quantitative estimate of drug-likeness (QED) is 0.609. The van der Waals surface area contributed by atoms with E-state index < -0.39 is 0 Å². The summed E-state index contributed by atoms with van der Waals surface area (Å²) in [5.41, 5.74) is 0. The summed E-state index contributed by atoms with van der Waals surface area (Å²) in [6.45, 7) is 0. The normalized spacial score (nSPS) is 10.6. The maximum absolute atomic E-state index is 12.1. The number of carbonyl (C=O) groups is 1. The van der Waals surface area contributed by atoms with Gasteiger partial charge in [0, 0.05) is 0 Å². The van der Waals surface area contributed by atoms with Crippen molar-refractivity contribution in [3.05, 3.63) is 34.0 Å². The minimum atomic E-state index is 0.149. The predicted octanol–water partition coefficient (Wildman–Crippen LogP) is 4.48. The van der Waals surface area contributed by atoms with E-state index >= 15 is 0 Å². The Morgan fingerprint density at radius 3 is 1.69 bits per heavy atom. The Morgan fingerprint density at radius 1 is 0.938 bits per heavy atom. The van der Waals surface area contributed by atoms with Crippen molar-refractivity contribution in [2.75, 3.05) is 12.5 Å². The smallest absolute Gasteiger partial charge is 0.212 e. The topological polar surface area (TPSA) is 17.1 Å². The largest absolute Gasteiger partial charge is 0.287 e. The third kappa shape index (κ3) is 2.53. The number of ketones is 1. The molecule has 0 unspecified atom stereocenters. The number of thioether (sulfide) groups is 2. The van der Waals surface area contributed by atoms with Gasteiger partial charge in [0.25, 0.3) is 0 Å². The zero-order valence-electron chi connectivity index (χ0n) is 8.85. The number of carbonyl (C=O) groups excluding carboxylic acids is 1. The van der Waals surface area contributed by atoms with Crippen molar-refractivity contribution in [3.8, 4) is 0 Å². The first-order chi connectivity index (χ1) is 7.74. The van der Waals surface area contributed by atoms with Crippen molar-refractivity contribution < 1.29 is 4.79 Å². The first kappa shape index (κ1) is 12.2. The monoisotopic (exact) mass is 286 g/mol. The average molecular weight is 286 g/mol. The van der Waals surface area contributed by atoms with E-state index in [0.29, 0.717) is 0 Å². The van der Waals surface area contributed by atoms with E-state index in [4.69, 9.17) is 0 Å². The van der Waals surface area contributed by atoms with Gasteiger partial charge in [0.1, 0.15) is 0 Å². The number of hydrogen-bond acceptors (Lipinski definition) is 5. The molecular formula is C11H10OS4. The first-order valence-corrected chi connectivity index (χ1v) is 8.65. The van der Waals surface area contributed by atoms with Crippen molar-refractivity contribution in [1.82, 2.24) is 0 Å². The predicted molar refractivity (Wildman–Crippen MR) is 75.6 cm³/mol. The van der Waals surface area contributed by atoms with Crippen molar-refractivity contribution in [2.24, 2.45) is 0 Å². The molecule has 0 saturated carbocycles. The molecule has 0 aliphatic rings. The van der Waals surface area contributed by atoms with Gasteiger partial charge in [-0.3, -0.25) is 4.79 Å². The van der Waals surface area contributed by atoms with Crippen LogP contribution in [-0.4, -0.2) is 18.3 Å². The van der Waals surface area contributed by atoms with Crippen LogP contribution in [0.15, 0.2) is 32.7 Å². The van der Waals surface area contributed by atoms with Crippen LogP contribution < -0.4 is 0 Å². The molecule has 0 saturated heterocycles. The lowest BCUT2D eigenvalue weighted by atomic mass is 10.3. The van der Waals surface area contributed by atoms with Crippen LogP contribution in [0.3, 0.4) is 0 Å². The molecule has 0 N–H and O–H groups in total. The van der Waals surface area contributed by atoms with Gasteiger partial charge in [-0.15, -0.1) is 46.2 Å². The number of rotatable bonds is 4. The second-order valence-corrected chi connectivity index (χ2v) is 7.36. The average Bonchev–Trinajstić information content (AvgIpc) is 2.97. The van der Waals surface area contributed by atoms with Gasteiger partial charge < -0.3 is 0 Å². The van der Waals surface area contributed by atoms with Crippen LogP contribution in [0, 0.1) is 0 Å². The number of hydrogen-bond donors (Lipinski definition) is 0. The van der Waals surface area contributed by atoms with Gasteiger partial charge in [-0.1, -0.05) is 0 Å². The Hall–Kier alpha value is -0.230. The van der Waals surface area contributed by atoms with Gasteiger partial charge in [0.15, 0.2) is 0 Å². The first-order valence-electron chi connectivity index (χ1n) is 4.57. The Bertz CT molecular complexity index is 453. The molecule has 0 fully saturated rings. The summed E-state index contributed by atoms with van der Waals surface area (Å²) in [5.74, 6) is 0.149. The van der Waals surface area contributed by atoms with E-state index in [-0.39, 0.29) is 5.78 Å². The summed E-state index contributed by atoms with van der Waals surface area (Å²) in [5, 5.41) is 0. The fraction of sp³-hybridized carbons (Fsp3) is 0.182. The molecule has 5 heteroatoms. The molecule has 0 atom stereocenters. The van der Waals surface area contributed by atoms with Crippen LogP contribution in [0.1, 0.15) is 14.5 Å². The van der Waals surface area contributed by atoms with Crippen LogP contribution in [0.4, 0.5) is 0 Å². The van der Waals surface area contributed by atoms with Gasteiger partial charge in [0.2, 0.25) is 5.78 Å². The number of thiophene rings is 2. The Balaban J connectivity index is 2.24. The van der Waals surface area contributed by atoms with Crippen LogP contribution in [0.5, 0.6) is 0 Å². The second-order valence-electron chi connectivity index (χ2n) is 2.97. The van der Waals surface area contributed by atoms with Crippen molar-refractivity contribution in [1.29, 1.82) is 0 Å². The third-order valence-corrected chi connectivity index (χ3v) is 6.35. The summed E-state index contributed by atoms with van der Waals surface area (Å²) in [7, 11) is 0. The Labute approximate surface area is 111 Å². The zero-order valence-corrected chi connectivity index (χ0v) is 12.1. The maximum Gasteiger partial charge on any atom is 0.212 e. The summed E-state index contributed by atoms with van der Waals surface area (Å²) in [6, 6.07) is 7.84. The van der Waals surface area contributed by atoms with E-state index in [1.807, 2.05) is 36.8 Å². The summed E-state index contributed by atoms with van der Waals surface area (Å²) in [4.78, 5) is 13.8. The minimum Gasteiger partial charge on any atom is -0.287 e. The standard InChI is InChI=1S/C11H10OS4/c1-13-9-5-3-7(15-9)11(12)8-4-6-10(14-2)16-8/h3-6H,1-2H3. The van der Waals surface area contributed by atoms with Gasteiger partial charge in [-0.25, -0.2) is 0 Å². The van der Waals surface area contributed by atoms with E-state index in [1.54, 1.807) is 46.2 Å². The maximum atomic E-state index is 12.1. The highest BCUT2D eigenvalue weighted by Gasteiger charge is 2.13. The zero-order chi connectivity index (χ0) is 11.5. The molecule has 2 aromatic heterocycles. The van der Waals surface area contributed by atoms with Crippen molar-refractivity contribution >= 4 is 52.0 Å². The SMILES string of the molecule is CSc1ccc(C(=O)c2ccc(SC)s2)s1. The molecule has 1 nitrogen and oxygen atoms in total. The molecule has 16 heavy (non-hydrogen) atoms. The fourth-order valence-electron chi connectivity index (χ4n) is 1.23. The van der Waals surface area contributed by atoms with E-state index in [1.165, 1.54) is 8.42 Å². The van der Waals surface area contributed by atoms with E-state index in [0.717, 1.165) is 9.75 Å². The van der Waals surface area contributed by atoms with Crippen molar-refractivity contribution in [2.45, 2.75) is 8.42 Å². The van der Waals surface area contributed by atoms with Gasteiger partial charge in [-0.2, -0.15) is 0 Å². The summed E-state index contributed by atoms with van der Waals surface area (Å²) in [6.07, 6.45) is 4.05. The third-order valence-electron chi connectivity index (χ3n) is 2.01. The molecule has 0 bridgehead atoms. The van der Waals surface area contributed by atoms with E-state index in [2.05, 4.69) is 0 Å². The Kier molecular flexibility index (Phi) is 4.13. The molecule has 0 spiro atoms. The van der Waals surface area contributed by atoms with Crippen LogP contribution in [0.2, 0.25) is 0 Å². The molecule has 0 amide bonds. The molecule has 84 valence electrons. The molecule has 2 heterocycles. The van der Waals surface area contributed by atoms with E-state index in [9.17, 15) is 4.79 Å². The second kappa shape index (κ2) is 5.40. The van der Waals surface area contributed by atoms with Crippen LogP contribution in [0.25, 0.3) is 0 Å². The van der Waals surface area contributed by atoms with Crippen LogP contribution >= 0.6 is 46.2 Å². The lowest BCUT2D eigenvalue weighted by Crippen LogP contribution is -1.93. The molecule has 0 aromatic carbocycles. The lowest BCUT2D eigenvalue weighted by molar-refractivity contribution is 0.104. The molecule has 2 aromatic rings. The van der Waals surface area contributed by atoms with Crippen molar-refractivity contribution in [3.63, 3.8) is 0 Å². The van der Waals surface area contributed by atoms with Gasteiger partial charge in [-0.05, 0) is 36.8 Å². The summed E-state index contributed by atoms with van der Waals surface area (Å²) >= 11 is 6.49. The van der Waals surface area contributed by atoms with Crippen LogP contribution in [-0.2, 0) is 0 Å². The highest BCUT2D eigenvalue weighted by Crippen LogP contribution is 2.31. The molecule has 0 radical (unpaired) electrons. The molecule has 2 rings (SSSR count). The highest BCUT2D eigenvalue weighted by molar-refractivity contribution is 8.00. The highest BCUT2D eigenvalue weighted by atomic mass is 32.2. The minimum absolute atomic E-state index is 0.149. The Morgan fingerprint density at radius 2 is 1.38 bits per heavy atom. The molecule has 0 aliphatic heterocycles. The molecular weight excluding hydrogens is 276 g/mol. The van der Waals surface area contributed by atoms with Gasteiger partial charge in [0.05, 0.1) is 18.2 Å².